The second-order valence-corrected chi connectivity index (χ2v) is 22.1. The van der Waals surface area contributed by atoms with Crippen molar-refractivity contribution in [3.63, 3.8) is 0 Å². The Morgan fingerprint density at radius 1 is 0.413 bits per heavy atom. The van der Waals surface area contributed by atoms with E-state index >= 15 is 0 Å². The van der Waals surface area contributed by atoms with Crippen LogP contribution in [0.15, 0.2) is 218 Å². The molecule has 1 saturated carbocycles. The minimum atomic E-state index is -2.68. The third kappa shape index (κ3) is 6.67. The Labute approximate surface area is 374 Å². The molecular weight excluding hydrogens is 775 g/mol. The Hall–Kier alpha value is -6.74. The minimum Gasteiger partial charge on any atom is -0.310 e. The van der Waals surface area contributed by atoms with Gasteiger partial charge in [-0.3, -0.25) is 0 Å². The minimum absolute atomic E-state index is 0.187. The van der Waals surface area contributed by atoms with Gasteiger partial charge in [0, 0.05) is 22.5 Å². The van der Waals surface area contributed by atoms with Crippen molar-refractivity contribution in [2.45, 2.75) is 57.3 Å². The SMILES string of the molecule is CC1(C)c2cc(N(c3ccc(C4CCCCC4)cc3)c3ccc([Si](c4ccccc4)(c4ccccc4)c4ccccc4)cc3)ccc2-c2c(-c3cccc4ccccc34)cccc21. The Kier molecular flexibility index (Phi) is 10.1. The summed E-state index contributed by atoms with van der Waals surface area (Å²) in [5, 5.41) is 8.08. The molecule has 0 atom stereocenters. The van der Waals surface area contributed by atoms with E-state index in [1.165, 1.54) is 114 Å². The zero-order valence-electron chi connectivity index (χ0n) is 36.3. The molecule has 9 aromatic carbocycles. The first-order chi connectivity index (χ1) is 31.0. The van der Waals surface area contributed by atoms with Gasteiger partial charge < -0.3 is 4.90 Å². The number of hydrogen-bond acceptors (Lipinski definition) is 1. The van der Waals surface area contributed by atoms with Gasteiger partial charge in [0.25, 0.3) is 0 Å². The van der Waals surface area contributed by atoms with Gasteiger partial charge in [0.05, 0.1) is 0 Å². The highest BCUT2D eigenvalue weighted by molar-refractivity contribution is 7.19. The molecule has 1 fully saturated rings. The van der Waals surface area contributed by atoms with Crippen LogP contribution in [-0.2, 0) is 5.41 Å². The molecule has 2 aliphatic carbocycles. The zero-order chi connectivity index (χ0) is 42.4. The van der Waals surface area contributed by atoms with Crippen LogP contribution >= 0.6 is 0 Å². The number of fused-ring (bicyclic) bond motifs is 4. The van der Waals surface area contributed by atoms with Crippen molar-refractivity contribution in [3.8, 4) is 22.3 Å². The highest BCUT2D eigenvalue weighted by Crippen LogP contribution is 2.54. The van der Waals surface area contributed by atoms with Crippen LogP contribution in [0.5, 0.6) is 0 Å². The fourth-order valence-electron chi connectivity index (χ4n) is 11.3. The molecule has 2 aliphatic rings. The Morgan fingerprint density at radius 3 is 1.56 bits per heavy atom. The average molecular weight is 828 g/mol. The number of hydrogen-bond donors (Lipinski definition) is 0. The third-order valence-electron chi connectivity index (χ3n) is 14.4. The summed E-state index contributed by atoms with van der Waals surface area (Å²) in [4.78, 5) is 2.50. The summed E-state index contributed by atoms with van der Waals surface area (Å²) in [6.07, 6.45) is 6.62. The van der Waals surface area contributed by atoms with Crippen LogP contribution in [0.1, 0.15) is 68.6 Å². The van der Waals surface area contributed by atoms with E-state index in [-0.39, 0.29) is 5.41 Å². The van der Waals surface area contributed by atoms with E-state index in [2.05, 4.69) is 237 Å². The zero-order valence-corrected chi connectivity index (χ0v) is 37.3. The summed E-state index contributed by atoms with van der Waals surface area (Å²) in [7, 11) is -2.68. The van der Waals surface area contributed by atoms with Crippen LogP contribution in [0.25, 0.3) is 33.0 Å². The largest absolute Gasteiger partial charge is 0.310 e. The van der Waals surface area contributed by atoms with Crippen molar-refractivity contribution in [2.75, 3.05) is 4.90 Å². The number of nitrogens with zero attached hydrogens (tertiary/aromatic N) is 1. The van der Waals surface area contributed by atoms with E-state index in [4.69, 9.17) is 0 Å². The predicted molar refractivity (Wildman–Crippen MR) is 271 cm³/mol. The Balaban J connectivity index is 1.07. The van der Waals surface area contributed by atoms with Crippen molar-refractivity contribution in [1.29, 1.82) is 0 Å². The van der Waals surface area contributed by atoms with Crippen LogP contribution in [0.3, 0.4) is 0 Å². The van der Waals surface area contributed by atoms with E-state index < -0.39 is 8.07 Å². The van der Waals surface area contributed by atoms with E-state index in [1.807, 2.05) is 0 Å². The molecule has 9 aromatic rings. The molecule has 0 bridgehead atoms. The quantitative estimate of drug-likeness (QED) is 0.103. The second-order valence-electron chi connectivity index (χ2n) is 18.3. The maximum Gasteiger partial charge on any atom is 0.179 e. The highest BCUT2D eigenvalue weighted by atomic mass is 28.3. The summed E-state index contributed by atoms with van der Waals surface area (Å²) in [5.74, 6) is 0.655. The first kappa shape index (κ1) is 39.1. The van der Waals surface area contributed by atoms with E-state index in [9.17, 15) is 0 Å². The summed E-state index contributed by atoms with van der Waals surface area (Å²) >= 11 is 0. The van der Waals surface area contributed by atoms with Crippen molar-refractivity contribution < 1.29 is 0 Å². The normalized spacial score (nSPS) is 14.6. The fraction of sp³-hybridized carbons (Fsp3) is 0.148. The third-order valence-corrected chi connectivity index (χ3v) is 19.2. The van der Waals surface area contributed by atoms with Gasteiger partial charge in [-0.1, -0.05) is 215 Å². The molecule has 1 nitrogen and oxygen atoms in total. The molecule has 0 saturated heterocycles. The number of anilines is 3. The van der Waals surface area contributed by atoms with E-state index in [0.29, 0.717) is 5.92 Å². The standard InChI is InChI=1S/C61H53NSi/c1-61(2)58-32-18-31-56(55-30-17-22-46-21-15-16-29-54(46)55)60(58)57-42-39-49(43-59(57)61)62(47-35-33-45(34-36-47)44-19-7-3-8-20-44)48-37-40-53(41-38-48)63(50-23-9-4-10-24-50,51-25-11-5-12-26-51)52-27-13-6-14-28-52/h4-6,9-18,21-44H,3,7-8,19-20H2,1-2H3. The van der Waals surface area contributed by atoms with Gasteiger partial charge in [0.1, 0.15) is 0 Å². The Bertz CT molecular complexity index is 2940. The van der Waals surface area contributed by atoms with E-state index in [1.54, 1.807) is 0 Å². The van der Waals surface area contributed by atoms with Gasteiger partial charge >= 0.3 is 0 Å². The molecule has 0 heterocycles. The molecule has 0 amide bonds. The summed E-state index contributed by atoms with van der Waals surface area (Å²) in [6, 6.07) is 82.6. The number of benzene rings is 9. The van der Waals surface area contributed by atoms with Gasteiger partial charge in [0.2, 0.25) is 0 Å². The van der Waals surface area contributed by atoms with Gasteiger partial charge in [-0.2, -0.15) is 0 Å². The van der Waals surface area contributed by atoms with Crippen molar-refractivity contribution in [1.82, 2.24) is 0 Å². The van der Waals surface area contributed by atoms with Crippen LogP contribution in [-0.4, -0.2) is 8.07 Å². The lowest BCUT2D eigenvalue weighted by atomic mass is 9.81. The smallest absolute Gasteiger partial charge is 0.179 e. The summed E-state index contributed by atoms with van der Waals surface area (Å²) in [6.45, 7) is 4.82. The summed E-state index contributed by atoms with van der Waals surface area (Å²) < 4.78 is 0. The molecule has 0 unspecified atom stereocenters. The highest BCUT2D eigenvalue weighted by Gasteiger charge is 2.42. The molecule has 306 valence electrons. The molecule has 0 aromatic heterocycles. The number of rotatable bonds is 9. The lowest BCUT2D eigenvalue weighted by Gasteiger charge is -2.35. The van der Waals surface area contributed by atoms with Crippen LogP contribution in [0.4, 0.5) is 17.1 Å². The fourth-order valence-corrected chi connectivity index (χ4v) is 16.0. The van der Waals surface area contributed by atoms with Crippen molar-refractivity contribution in [3.05, 3.63) is 235 Å². The average Bonchev–Trinajstić information content (AvgIpc) is 3.59. The molecule has 0 radical (unpaired) electrons. The maximum absolute atomic E-state index is 2.68. The first-order valence-corrected chi connectivity index (χ1v) is 25.0. The second kappa shape index (κ2) is 16.2. The molecule has 0 N–H and O–H groups in total. The predicted octanol–water partition coefficient (Wildman–Crippen LogP) is 13.7. The lowest BCUT2D eigenvalue weighted by Crippen LogP contribution is -2.74. The lowest BCUT2D eigenvalue weighted by molar-refractivity contribution is 0.443. The topological polar surface area (TPSA) is 3.24 Å². The van der Waals surface area contributed by atoms with Crippen molar-refractivity contribution in [2.24, 2.45) is 0 Å². The molecule has 11 rings (SSSR count). The monoisotopic (exact) mass is 827 g/mol. The maximum atomic E-state index is 2.50. The van der Waals surface area contributed by atoms with Crippen LogP contribution in [0, 0.1) is 0 Å². The van der Waals surface area contributed by atoms with E-state index in [0.717, 1.165) is 5.69 Å². The van der Waals surface area contributed by atoms with Crippen molar-refractivity contribution >= 4 is 56.7 Å². The van der Waals surface area contributed by atoms with Gasteiger partial charge in [-0.15, -0.1) is 0 Å². The van der Waals surface area contributed by atoms with Crippen LogP contribution in [0.2, 0.25) is 0 Å². The molecular formula is C61H53NSi. The van der Waals surface area contributed by atoms with Crippen LogP contribution < -0.4 is 25.6 Å². The first-order valence-electron chi connectivity index (χ1n) is 23.0. The molecule has 63 heavy (non-hydrogen) atoms. The molecule has 0 aliphatic heterocycles. The van der Waals surface area contributed by atoms with Gasteiger partial charge in [0.15, 0.2) is 8.07 Å². The summed E-state index contributed by atoms with van der Waals surface area (Å²) in [5.41, 5.74) is 12.8. The van der Waals surface area contributed by atoms with Gasteiger partial charge in [-0.05, 0) is 126 Å². The molecule has 2 heteroatoms. The Morgan fingerprint density at radius 2 is 0.921 bits per heavy atom. The molecule has 0 spiro atoms. The van der Waals surface area contributed by atoms with Gasteiger partial charge in [-0.25, -0.2) is 0 Å².